The molecule has 39 nitrogen and oxygen atoms in total. The van der Waals surface area contributed by atoms with Crippen LogP contribution < -0.4 is 37.6 Å². The summed E-state index contributed by atoms with van der Waals surface area (Å²) in [5.74, 6) is -7.47. The molecule has 2 aromatic carbocycles. The Bertz CT molecular complexity index is 5340. The predicted octanol–water partition coefficient (Wildman–Crippen LogP) is 6.78. The molecule has 4 amide bonds. The number of anilines is 4. The van der Waals surface area contributed by atoms with Crippen molar-refractivity contribution in [3.63, 3.8) is 0 Å². The molecule has 136 heavy (non-hydrogen) atoms. The second kappa shape index (κ2) is 48.7. The molecule has 3 saturated heterocycles. The number of benzene rings is 2. The number of Topliss-reactive ketones (excluding diaryl/α,β-unsaturated/α-hetero) is 2. The molecule has 16 atom stereocenters. The number of hydrogen-bond donors (Lipinski definition) is 9. The lowest BCUT2D eigenvalue weighted by Crippen LogP contribution is -2.61. The molecule has 5 aromatic heterocycles. The first-order valence-corrected chi connectivity index (χ1v) is 47.3. The highest BCUT2D eigenvalue weighted by atomic mass is 16.6. The number of rotatable bonds is 29. The number of cyclic esters (lactones) is 1. The zero-order chi connectivity index (χ0) is 96.7. The predicted molar refractivity (Wildman–Crippen MR) is 502 cm³/mol. The maximum atomic E-state index is 14.7. The monoisotopic (exact) mass is 1880 g/mol. The molecule has 0 unspecified atom stereocenters. The molecule has 4 fully saturated rings. The number of oxazole rings is 1. The number of ketones is 2. The van der Waals surface area contributed by atoms with Gasteiger partial charge in [-0.05, 0) is 142 Å². The standard InChI is InChI=1S/C97H132N18O21/c1-58-14-10-9-11-15-59(2)78(127-7)48-71-22-17-63(6)97(126,136-71)87(121)91(123)114-28-13-12-16-74(114)92(124)133-79(49-75(116)60(3)43-62(5)85(119)86(120)84(118)61(4)42-58)72(98)45-64-19-23-77(80(46-64)128-8)135-96(125)101-27-35-130-37-39-132-41-40-131-38-36-129-34-26-81(117)102-50-66-51-103-94(104-52-66)111-30-32-112(33-31-111)95-105-53-70(54-106-95)90(122)113-29-25-67-44-65(18-20-69(67)56-113)55-115-89-82(88(99)107-57-108-89)83(110-115)68-21-24-76-73(47-68)109-93(100)134-76/h9-11,14-15,18,20-21,24,43-44,47,51-54,57-58,60-61,63-64,71-72,74-75,77-80,85-86,116,119-120,126H,12-13,16-17,19,22-23,25-42,45-46,48-50,55-56,98H2,1-8H3,(H2,100,109)(H,101,125)(H,102,117)(H2,99,107,108)/b11-9+,14-10+,59-15+,62-43+/t58-,60-,61-,63-,64+,71+,72-,74+,75-,77-,78+,79+,80-,85-,86+,97-/m1/s1. The highest BCUT2D eigenvalue weighted by molar-refractivity contribution is 6.39. The van der Waals surface area contributed by atoms with Gasteiger partial charge in [0.1, 0.15) is 53.8 Å². The van der Waals surface area contributed by atoms with Crippen molar-refractivity contribution in [2.75, 3.05) is 134 Å². The number of allylic oxidation sites excluding steroid dienone is 5. The van der Waals surface area contributed by atoms with Crippen LogP contribution in [0.1, 0.15) is 158 Å². The minimum Gasteiger partial charge on any atom is -0.459 e. The van der Waals surface area contributed by atoms with Crippen molar-refractivity contribution >= 4 is 87.2 Å². The molecule has 12 N–H and O–H groups in total. The van der Waals surface area contributed by atoms with E-state index in [2.05, 4.69) is 67.5 Å². The van der Waals surface area contributed by atoms with E-state index >= 15 is 0 Å². The third-order valence-corrected chi connectivity index (χ3v) is 26.6. The van der Waals surface area contributed by atoms with Gasteiger partial charge in [-0.2, -0.15) is 10.1 Å². The molecule has 736 valence electrons. The summed E-state index contributed by atoms with van der Waals surface area (Å²) in [6, 6.07) is 9.68. The van der Waals surface area contributed by atoms with E-state index < -0.39 is 114 Å². The number of hydrogen-bond acceptors (Lipinski definition) is 34. The largest absolute Gasteiger partial charge is 0.459 e. The van der Waals surface area contributed by atoms with Gasteiger partial charge in [-0.1, -0.05) is 82.4 Å². The highest BCUT2D eigenvalue weighted by Crippen LogP contribution is 2.40. The maximum absolute atomic E-state index is 14.7. The number of ether oxygens (including phenoxy) is 9. The quantitative estimate of drug-likeness (QED) is 0.0101. The normalized spacial score (nSPS) is 27.1. The molecule has 10 heterocycles. The molecule has 6 aliphatic rings. The number of piperazine rings is 1. The van der Waals surface area contributed by atoms with Gasteiger partial charge in [0.2, 0.25) is 23.6 Å². The number of amides is 4. The molecular formula is C97H132N18O21. The van der Waals surface area contributed by atoms with Crippen molar-refractivity contribution in [2.24, 2.45) is 35.3 Å². The maximum Gasteiger partial charge on any atom is 0.407 e. The van der Waals surface area contributed by atoms with Gasteiger partial charge < -0.3 is 115 Å². The number of fused-ring (bicyclic) bond motifs is 6. The van der Waals surface area contributed by atoms with Crippen LogP contribution in [-0.4, -0.2) is 296 Å². The summed E-state index contributed by atoms with van der Waals surface area (Å²) in [6.45, 7) is 16.8. The Hall–Kier alpha value is -11.2. The van der Waals surface area contributed by atoms with Gasteiger partial charge >= 0.3 is 12.1 Å². The van der Waals surface area contributed by atoms with Crippen molar-refractivity contribution in [2.45, 2.75) is 218 Å². The van der Waals surface area contributed by atoms with Crippen LogP contribution in [0.2, 0.25) is 0 Å². The van der Waals surface area contributed by atoms with Crippen molar-refractivity contribution in [3.05, 3.63) is 143 Å². The number of aliphatic hydroxyl groups excluding tert-OH is 3. The van der Waals surface area contributed by atoms with Crippen LogP contribution in [0.15, 0.2) is 120 Å². The average molecular weight is 1890 g/mol. The smallest absolute Gasteiger partial charge is 0.407 e. The molecule has 1 aliphatic carbocycles. The first-order valence-electron chi connectivity index (χ1n) is 47.3. The first kappa shape index (κ1) is 102. The minimum absolute atomic E-state index is 0.00943. The lowest BCUT2D eigenvalue weighted by Gasteiger charge is -2.42. The number of nitrogens with zero attached hydrogens (tertiary/aromatic N) is 13. The number of aromatic nitrogens is 9. The second-order valence-corrected chi connectivity index (χ2v) is 36.5. The zero-order valence-electron chi connectivity index (χ0n) is 78.9. The van der Waals surface area contributed by atoms with Gasteiger partial charge in [-0.15, -0.1) is 0 Å². The van der Waals surface area contributed by atoms with Gasteiger partial charge in [-0.25, -0.2) is 44.2 Å². The fraction of sp³-hybridized carbons (Fsp3) is 0.577. The van der Waals surface area contributed by atoms with E-state index in [1.807, 2.05) is 72.0 Å². The molecule has 0 radical (unpaired) electrons. The van der Waals surface area contributed by atoms with Crippen LogP contribution in [0, 0.1) is 29.6 Å². The number of nitrogens with one attached hydrogen (secondary N) is 2. The summed E-state index contributed by atoms with van der Waals surface area (Å²) in [7, 11) is 3.07. The summed E-state index contributed by atoms with van der Waals surface area (Å²) in [5.41, 5.74) is 27.9. The summed E-state index contributed by atoms with van der Waals surface area (Å²) in [5, 5.41) is 57.9. The molecule has 0 spiro atoms. The van der Waals surface area contributed by atoms with Gasteiger partial charge in [0.05, 0.1) is 94.8 Å². The molecule has 2 bridgehead atoms. The van der Waals surface area contributed by atoms with E-state index in [4.69, 9.17) is 69.3 Å². The Labute approximate surface area is 791 Å². The van der Waals surface area contributed by atoms with Crippen molar-refractivity contribution in [1.82, 2.24) is 65.1 Å². The highest BCUT2D eigenvalue weighted by Gasteiger charge is 2.53. The van der Waals surface area contributed by atoms with Crippen molar-refractivity contribution in [1.29, 1.82) is 0 Å². The molecule has 13 rings (SSSR count). The number of piperidine rings is 1. The van der Waals surface area contributed by atoms with E-state index in [0.717, 1.165) is 38.3 Å². The fourth-order valence-electron chi connectivity index (χ4n) is 18.5. The SMILES string of the molecule is CO[C@H]1C[C@@H]2CC[C@@H](C)[C@@](O)(O2)C(=O)C(=O)N2CCCC[C@H]2C(=O)O[C@H]([C@H](N)C[C@@H]2CC[C@@H](OC(=O)NCCOCCOCCOCCOCCC(=O)NCc3cnc(N4CCN(c5ncc(C(=O)N6CCc7cc(Cn8nc(-c9ccc%10oc(N)nc%10c9)c9c(N)ncnc98)ccc7C6)cn5)CC4)nc3)[C@H](OC)C2)C[C@@H](O)[C@H](C)/C=C(\C)[C@@H](O)[C@@H](O)C(=O)[C@H](C)C[C@H](C)/C=C/C=C/C=C/1C. The number of carbonyl (C=O) groups excluding carboxylic acids is 7. The van der Waals surface area contributed by atoms with Crippen molar-refractivity contribution < 1.29 is 101 Å². The summed E-state index contributed by atoms with van der Waals surface area (Å²) < 4.78 is 60.0. The summed E-state index contributed by atoms with van der Waals surface area (Å²) >= 11 is 0. The van der Waals surface area contributed by atoms with E-state index in [-0.39, 0.29) is 120 Å². The van der Waals surface area contributed by atoms with Crippen LogP contribution in [-0.2, 0) is 92.7 Å². The number of nitrogen functional groups attached to an aromatic ring is 2. The minimum atomic E-state index is -2.51. The van der Waals surface area contributed by atoms with E-state index in [1.165, 1.54) is 13.4 Å². The van der Waals surface area contributed by atoms with E-state index in [1.54, 1.807) is 71.7 Å². The van der Waals surface area contributed by atoms with Crippen LogP contribution in [0.5, 0.6) is 0 Å². The van der Waals surface area contributed by atoms with Gasteiger partial charge in [0, 0.05) is 152 Å². The van der Waals surface area contributed by atoms with E-state index in [0.29, 0.717) is 175 Å². The number of alkyl carbamates (subject to hydrolysis) is 1. The van der Waals surface area contributed by atoms with Crippen LogP contribution >= 0.6 is 0 Å². The van der Waals surface area contributed by atoms with Crippen LogP contribution in [0.3, 0.4) is 0 Å². The number of carbonyl (C=O) groups is 7. The Morgan fingerprint density at radius 2 is 1.40 bits per heavy atom. The number of methoxy groups -OCH3 is 2. The Morgan fingerprint density at radius 1 is 0.691 bits per heavy atom. The average Bonchev–Trinajstić information content (AvgIpc) is 1.59. The van der Waals surface area contributed by atoms with Gasteiger partial charge in [0.15, 0.2) is 17.0 Å². The molecule has 7 aromatic rings. The van der Waals surface area contributed by atoms with Gasteiger partial charge in [0.25, 0.3) is 23.6 Å². The first-order chi connectivity index (χ1) is 65.5. The number of nitrogens with two attached hydrogens (primary N) is 3. The summed E-state index contributed by atoms with van der Waals surface area (Å²) in [4.78, 5) is 136. The molecule has 39 heteroatoms. The van der Waals surface area contributed by atoms with Crippen molar-refractivity contribution in [3.8, 4) is 11.3 Å². The second-order valence-electron chi connectivity index (χ2n) is 36.5. The molecule has 1 saturated carbocycles. The summed E-state index contributed by atoms with van der Waals surface area (Å²) in [6.07, 6.45) is 14.9. The number of esters is 1. The van der Waals surface area contributed by atoms with E-state index in [9.17, 15) is 54.0 Å². The topological polar surface area (TPSA) is 520 Å². The Morgan fingerprint density at radius 3 is 2.11 bits per heavy atom. The Balaban J connectivity index is 0.474. The third kappa shape index (κ3) is 26.8. The van der Waals surface area contributed by atoms with Crippen LogP contribution in [0.25, 0.3) is 33.4 Å². The van der Waals surface area contributed by atoms with Gasteiger partial charge in [-0.3, -0.25) is 24.0 Å². The lowest BCUT2D eigenvalue weighted by molar-refractivity contribution is -0.265. The molecule has 5 aliphatic heterocycles. The lowest BCUT2D eigenvalue weighted by atomic mass is 9.80. The number of aliphatic hydroxyl groups is 4. The Kier molecular flexibility index (Phi) is 36.6. The van der Waals surface area contributed by atoms with Crippen LogP contribution in [0.4, 0.5) is 28.5 Å². The zero-order valence-corrected chi connectivity index (χ0v) is 78.9. The fourth-order valence-corrected chi connectivity index (χ4v) is 18.5. The third-order valence-electron chi connectivity index (χ3n) is 26.6. The molecular weight excluding hydrogens is 1750 g/mol.